The second kappa shape index (κ2) is 11.9. The number of nitrogens with zero attached hydrogens (tertiary/aromatic N) is 1. The topological polar surface area (TPSA) is 106 Å². The van der Waals surface area contributed by atoms with E-state index in [-0.39, 0.29) is 24.9 Å². The van der Waals surface area contributed by atoms with E-state index in [2.05, 4.69) is 10.6 Å². The molecule has 2 N–H and O–H groups in total. The molecule has 2 aromatic rings. The molecule has 0 unspecified atom stereocenters. The number of esters is 1. The second-order valence-electron chi connectivity index (χ2n) is 7.47. The Morgan fingerprint density at radius 1 is 0.879 bits per heavy atom. The van der Waals surface area contributed by atoms with Gasteiger partial charge in [-0.05, 0) is 49.4 Å². The normalized spacial score (nSPS) is 12.2. The van der Waals surface area contributed by atoms with E-state index in [0.717, 1.165) is 6.42 Å². The van der Waals surface area contributed by atoms with Crippen LogP contribution in [0.15, 0.2) is 42.5 Å². The van der Waals surface area contributed by atoms with Gasteiger partial charge >= 0.3 is 5.97 Å². The summed E-state index contributed by atoms with van der Waals surface area (Å²) in [5.41, 5.74) is 1.58. The monoisotopic (exact) mass is 455 g/mol. The number of fused-ring (bicyclic) bond motifs is 1. The molecule has 1 aliphatic heterocycles. The predicted octanol–water partition coefficient (Wildman–Crippen LogP) is 2.92. The minimum absolute atomic E-state index is 0.0470. The highest BCUT2D eigenvalue weighted by molar-refractivity contribution is 5.95. The summed E-state index contributed by atoms with van der Waals surface area (Å²) < 4.78 is 16.1. The number of carbonyl (C=O) groups excluding carboxylic acids is 3. The largest absolute Gasteiger partial charge is 0.486 e. The van der Waals surface area contributed by atoms with Crippen LogP contribution in [0, 0.1) is 0 Å². The third-order valence-corrected chi connectivity index (χ3v) is 4.85. The van der Waals surface area contributed by atoms with Crippen LogP contribution in [0.3, 0.4) is 0 Å². The van der Waals surface area contributed by atoms with Gasteiger partial charge in [0.1, 0.15) is 13.2 Å². The van der Waals surface area contributed by atoms with Crippen LogP contribution in [-0.2, 0) is 14.3 Å². The lowest BCUT2D eigenvalue weighted by Crippen LogP contribution is -2.38. The van der Waals surface area contributed by atoms with Crippen molar-refractivity contribution in [3.05, 3.63) is 48.0 Å². The number of carbonyl (C=O) groups is 3. The Labute approximate surface area is 193 Å². The average Bonchev–Trinajstić information content (AvgIpc) is 2.82. The maximum absolute atomic E-state index is 12.5. The number of hydrogen-bond acceptors (Lipinski definition) is 7. The molecule has 2 aromatic carbocycles. The van der Waals surface area contributed by atoms with E-state index < -0.39 is 5.97 Å². The molecule has 0 saturated heterocycles. The van der Waals surface area contributed by atoms with Gasteiger partial charge in [0.15, 0.2) is 11.5 Å². The van der Waals surface area contributed by atoms with Crippen LogP contribution < -0.4 is 20.1 Å². The van der Waals surface area contributed by atoms with Crippen molar-refractivity contribution < 1.29 is 28.6 Å². The summed E-state index contributed by atoms with van der Waals surface area (Å²) in [6.45, 7) is 5.76. The maximum atomic E-state index is 12.5. The fourth-order valence-corrected chi connectivity index (χ4v) is 3.18. The molecule has 1 aliphatic rings. The zero-order chi connectivity index (χ0) is 23.6. The van der Waals surface area contributed by atoms with E-state index in [0.29, 0.717) is 54.8 Å². The lowest BCUT2D eigenvalue weighted by Gasteiger charge is -2.21. The molecule has 0 saturated carbocycles. The van der Waals surface area contributed by atoms with Gasteiger partial charge in [0.25, 0.3) is 0 Å². The molecule has 2 amide bonds. The van der Waals surface area contributed by atoms with Crippen LogP contribution in [0.2, 0.25) is 0 Å². The van der Waals surface area contributed by atoms with Crippen molar-refractivity contribution >= 4 is 29.2 Å². The molecule has 1 heterocycles. The Morgan fingerprint density at radius 2 is 1.48 bits per heavy atom. The summed E-state index contributed by atoms with van der Waals surface area (Å²) >= 11 is 0. The number of nitrogens with one attached hydrogen (secondary N) is 2. The van der Waals surface area contributed by atoms with Crippen LogP contribution in [-0.4, -0.2) is 62.1 Å². The van der Waals surface area contributed by atoms with Gasteiger partial charge in [0, 0.05) is 17.4 Å². The van der Waals surface area contributed by atoms with Crippen molar-refractivity contribution in [3.8, 4) is 11.5 Å². The average molecular weight is 456 g/mol. The zero-order valence-electron chi connectivity index (χ0n) is 18.9. The highest BCUT2D eigenvalue weighted by atomic mass is 16.6. The molecule has 0 aromatic heterocycles. The van der Waals surface area contributed by atoms with E-state index in [1.165, 1.54) is 0 Å². The Kier molecular flexibility index (Phi) is 8.65. The van der Waals surface area contributed by atoms with E-state index >= 15 is 0 Å². The third kappa shape index (κ3) is 7.21. The lowest BCUT2D eigenvalue weighted by molar-refractivity contribution is -0.119. The van der Waals surface area contributed by atoms with Gasteiger partial charge in [-0.15, -0.1) is 0 Å². The molecule has 0 aliphatic carbocycles. The fourth-order valence-electron chi connectivity index (χ4n) is 3.18. The highest BCUT2D eigenvalue weighted by Crippen LogP contribution is 2.32. The maximum Gasteiger partial charge on any atom is 0.338 e. The molecule has 3 rings (SSSR count). The number of benzene rings is 2. The predicted molar refractivity (Wildman–Crippen MR) is 124 cm³/mol. The molecule has 0 atom stereocenters. The summed E-state index contributed by atoms with van der Waals surface area (Å²) in [5.74, 6) is 0.352. The van der Waals surface area contributed by atoms with Crippen molar-refractivity contribution in [2.45, 2.75) is 20.3 Å². The minimum atomic E-state index is -0.393. The number of hydrogen-bond donors (Lipinski definition) is 2. The first kappa shape index (κ1) is 24.1. The van der Waals surface area contributed by atoms with Crippen LogP contribution in [0.25, 0.3) is 0 Å². The van der Waals surface area contributed by atoms with Gasteiger partial charge in [-0.1, -0.05) is 13.8 Å². The van der Waals surface area contributed by atoms with Gasteiger partial charge in [-0.3, -0.25) is 14.5 Å². The number of amides is 2. The van der Waals surface area contributed by atoms with Gasteiger partial charge in [-0.2, -0.15) is 0 Å². The van der Waals surface area contributed by atoms with Crippen molar-refractivity contribution in [3.63, 3.8) is 0 Å². The first-order valence-electron chi connectivity index (χ1n) is 11.0. The number of rotatable bonds is 10. The highest BCUT2D eigenvalue weighted by Gasteiger charge is 2.16. The van der Waals surface area contributed by atoms with Crippen LogP contribution >= 0.6 is 0 Å². The number of likely N-dealkylation sites (N-methyl/N-ethyl adjacent to an activating group) is 1. The van der Waals surface area contributed by atoms with E-state index in [4.69, 9.17) is 14.2 Å². The van der Waals surface area contributed by atoms with Crippen molar-refractivity contribution in [1.82, 2.24) is 4.90 Å². The summed E-state index contributed by atoms with van der Waals surface area (Å²) in [4.78, 5) is 38.5. The van der Waals surface area contributed by atoms with Gasteiger partial charge in [0.05, 0.1) is 25.3 Å². The Balaban J connectivity index is 1.48. The molecule has 9 heteroatoms. The van der Waals surface area contributed by atoms with E-state index in [9.17, 15) is 14.4 Å². The second-order valence-corrected chi connectivity index (χ2v) is 7.47. The molecule has 0 radical (unpaired) electrons. The summed E-state index contributed by atoms with van der Waals surface area (Å²) in [6.07, 6.45) is 0.753. The summed E-state index contributed by atoms with van der Waals surface area (Å²) in [7, 11) is 0. The van der Waals surface area contributed by atoms with Gasteiger partial charge < -0.3 is 24.8 Å². The third-order valence-electron chi connectivity index (χ3n) is 4.85. The summed E-state index contributed by atoms with van der Waals surface area (Å²) in [6, 6.07) is 11.7. The van der Waals surface area contributed by atoms with Crippen LogP contribution in [0.1, 0.15) is 30.6 Å². The van der Waals surface area contributed by atoms with E-state index in [1.54, 1.807) is 47.4 Å². The molecule has 176 valence electrons. The molecular formula is C24H29N3O6. The molecule has 9 nitrogen and oxygen atoms in total. The molecule has 0 bridgehead atoms. The Morgan fingerprint density at radius 3 is 2.12 bits per heavy atom. The standard InChI is InChI=1S/C24H29N3O6/c1-3-11-33-24(30)17-5-7-18(8-6-17)25-22(28)15-27(4-2)16-23(29)26-19-9-10-20-21(14-19)32-13-12-31-20/h5-10,14H,3-4,11-13,15-16H2,1-2H3,(H,25,28)(H,26,29). The first-order chi connectivity index (χ1) is 16.0. The Bertz CT molecular complexity index is 977. The fraction of sp³-hybridized carbons (Fsp3) is 0.375. The zero-order valence-corrected chi connectivity index (χ0v) is 18.9. The van der Waals surface area contributed by atoms with Crippen molar-refractivity contribution in [2.75, 3.05) is 50.1 Å². The van der Waals surface area contributed by atoms with E-state index in [1.807, 2.05) is 13.8 Å². The van der Waals surface area contributed by atoms with Crippen LogP contribution in [0.5, 0.6) is 11.5 Å². The molecule has 0 fully saturated rings. The quantitative estimate of drug-likeness (QED) is 0.531. The van der Waals surface area contributed by atoms with Crippen molar-refractivity contribution in [1.29, 1.82) is 0 Å². The lowest BCUT2D eigenvalue weighted by atomic mass is 10.2. The smallest absolute Gasteiger partial charge is 0.338 e. The van der Waals surface area contributed by atoms with Crippen molar-refractivity contribution in [2.24, 2.45) is 0 Å². The molecule has 0 spiro atoms. The van der Waals surface area contributed by atoms with Gasteiger partial charge in [-0.25, -0.2) is 4.79 Å². The first-order valence-corrected chi connectivity index (χ1v) is 11.0. The minimum Gasteiger partial charge on any atom is -0.486 e. The van der Waals surface area contributed by atoms with Crippen LogP contribution in [0.4, 0.5) is 11.4 Å². The molecule has 33 heavy (non-hydrogen) atoms. The number of ether oxygens (including phenoxy) is 3. The number of anilines is 2. The Hall–Kier alpha value is -3.59. The SMILES string of the molecule is CCCOC(=O)c1ccc(NC(=O)CN(CC)CC(=O)Nc2ccc3c(c2)OCCO3)cc1. The molecular weight excluding hydrogens is 426 g/mol. The summed E-state index contributed by atoms with van der Waals surface area (Å²) in [5, 5.41) is 5.60. The van der Waals surface area contributed by atoms with Gasteiger partial charge in [0.2, 0.25) is 11.8 Å².